The molecule has 1 saturated heterocycles. The maximum absolute atomic E-state index is 10.5. The van der Waals surface area contributed by atoms with Gasteiger partial charge in [0.25, 0.3) is 0 Å². The van der Waals surface area contributed by atoms with Crippen molar-refractivity contribution in [3.63, 3.8) is 0 Å². The second-order valence-corrected chi connectivity index (χ2v) is 8.74. The van der Waals surface area contributed by atoms with Gasteiger partial charge in [0.15, 0.2) is 5.79 Å². The Balaban J connectivity index is 2.08. The van der Waals surface area contributed by atoms with Gasteiger partial charge in [-0.3, -0.25) is 4.90 Å². The SMILES string of the molecule is CCOc1ccc(C(c2cc([C@@]3(OC)CC(O)CC(CO)O3)ccc2Cl)N(CC)CC)cc1. The largest absolute Gasteiger partial charge is 0.494 e. The van der Waals surface area contributed by atoms with Gasteiger partial charge < -0.3 is 24.4 Å². The standard InChI is InChI=1S/C26H36ClNO5/c1-5-28(6-2)25(18-8-11-21(12-9-18)32-7-3)23-14-19(10-13-24(23)27)26(31-4)16-20(30)15-22(17-29)33-26/h8-14,20,22,25,29-30H,5-7,15-17H2,1-4H3/t20?,22?,25?,26-/m1/s1. The zero-order chi connectivity index (χ0) is 24.0. The van der Waals surface area contributed by atoms with Gasteiger partial charge in [-0.15, -0.1) is 0 Å². The minimum absolute atomic E-state index is 0.0841. The molecule has 7 heteroatoms. The van der Waals surface area contributed by atoms with E-state index in [0.717, 1.165) is 35.5 Å². The van der Waals surface area contributed by atoms with Crippen LogP contribution in [0.3, 0.4) is 0 Å². The second-order valence-electron chi connectivity index (χ2n) is 8.34. The molecule has 33 heavy (non-hydrogen) atoms. The van der Waals surface area contributed by atoms with Crippen LogP contribution in [0.2, 0.25) is 5.02 Å². The van der Waals surface area contributed by atoms with Crippen LogP contribution in [0, 0.1) is 0 Å². The fourth-order valence-corrected chi connectivity index (χ4v) is 4.91. The van der Waals surface area contributed by atoms with Crippen molar-refractivity contribution in [2.75, 3.05) is 33.4 Å². The topological polar surface area (TPSA) is 71.4 Å². The fourth-order valence-electron chi connectivity index (χ4n) is 4.69. The molecule has 1 fully saturated rings. The van der Waals surface area contributed by atoms with Gasteiger partial charge in [-0.25, -0.2) is 0 Å². The summed E-state index contributed by atoms with van der Waals surface area (Å²) in [6.45, 7) is 8.34. The quantitative estimate of drug-likeness (QED) is 0.525. The summed E-state index contributed by atoms with van der Waals surface area (Å²) in [6, 6.07) is 13.8. The molecule has 0 aliphatic carbocycles. The number of hydrogen-bond donors (Lipinski definition) is 2. The summed E-state index contributed by atoms with van der Waals surface area (Å²) in [7, 11) is 1.56. The lowest BCUT2D eigenvalue weighted by Crippen LogP contribution is -2.46. The van der Waals surface area contributed by atoms with E-state index >= 15 is 0 Å². The smallest absolute Gasteiger partial charge is 0.197 e. The van der Waals surface area contributed by atoms with Gasteiger partial charge in [-0.2, -0.15) is 0 Å². The summed E-state index contributed by atoms with van der Waals surface area (Å²) >= 11 is 6.77. The molecule has 0 amide bonds. The molecule has 0 bridgehead atoms. The maximum atomic E-state index is 10.5. The molecule has 0 radical (unpaired) electrons. The van der Waals surface area contributed by atoms with Crippen molar-refractivity contribution < 1.29 is 24.4 Å². The van der Waals surface area contributed by atoms with Gasteiger partial charge in [0.05, 0.1) is 31.5 Å². The number of methoxy groups -OCH3 is 1. The number of benzene rings is 2. The first-order chi connectivity index (χ1) is 15.9. The summed E-state index contributed by atoms with van der Waals surface area (Å²) in [5.74, 6) is -0.325. The Morgan fingerprint density at radius 1 is 1.15 bits per heavy atom. The molecule has 0 aromatic heterocycles. The Kier molecular flexibility index (Phi) is 9.16. The van der Waals surface area contributed by atoms with Crippen molar-refractivity contribution in [1.82, 2.24) is 4.90 Å². The summed E-state index contributed by atoms with van der Waals surface area (Å²) in [6.07, 6.45) is -0.492. The average Bonchev–Trinajstić information content (AvgIpc) is 2.83. The van der Waals surface area contributed by atoms with E-state index in [2.05, 4.69) is 30.9 Å². The molecule has 1 aliphatic heterocycles. The predicted molar refractivity (Wildman–Crippen MR) is 130 cm³/mol. The minimum atomic E-state index is -1.16. The molecule has 4 atom stereocenters. The molecule has 2 aromatic carbocycles. The third-order valence-electron chi connectivity index (χ3n) is 6.34. The molecule has 182 valence electrons. The van der Waals surface area contributed by atoms with Gasteiger partial charge in [0, 0.05) is 30.5 Å². The Labute approximate surface area is 202 Å². The first-order valence-electron chi connectivity index (χ1n) is 11.7. The highest BCUT2D eigenvalue weighted by Crippen LogP contribution is 2.42. The zero-order valence-electron chi connectivity index (χ0n) is 20.0. The lowest BCUT2D eigenvalue weighted by Gasteiger charge is -2.42. The first-order valence-corrected chi connectivity index (χ1v) is 12.1. The summed E-state index contributed by atoms with van der Waals surface area (Å²) in [5.41, 5.74) is 2.80. The molecule has 2 N–H and O–H groups in total. The van der Waals surface area contributed by atoms with Gasteiger partial charge in [0.2, 0.25) is 0 Å². The molecule has 1 heterocycles. The zero-order valence-corrected chi connectivity index (χ0v) is 20.7. The van der Waals surface area contributed by atoms with Crippen molar-refractivity contribution in [1.29, 1.82) is 0 Å². The lowest BCUT2D eigenvalue weighted by atomic mass is 9.89. The van der Waals surface area contributed by atoms with Gasteiger partial charge in [-0.1, -0.05) is 43.6 Å². The molecule has 0 spiro atoms. The van der Waals surface area contributed by atoms with Gasteiger partial charge in [-0.05, 0) is 55.4 Å². The molecule has 6 nitrogen and oxygen atoms in total. The summed E-state index contributed by atoms with van der Waals surface area (Å²) in [5, 5.41) is 20.8. The van der Waals surface area contributed by atoms with Crippen molar-refractivity contribution in [2.24, 2.45) is 0 Å². The van der Waals surface area contributed by atoms with E-state index in [1.807, 2.05) is 37.3 Å². The maximum Gasteiger partial charge on any atom is 0.197 e. The molecule has 0 saturated carbocycles. The van der Waals surface area contributed by atoms with Crippen LogP contribution in [0.15, 0.2) is 42.5 Å². The molecule has 3 unspecified atom stereocenters. The number of aliphatic hydroxyl groups is 2. The highest BCUT2D eigenvalue weighted by atomic mass is 35.5. The Bertz CT molecular complexity index is 889. The van der Waals surface area contributed by atoms with Crippen LogP contribution >= 0.6 is 11.6 Å². The van der Waals surface area contributed by atoms with E-state index < -0.39 is 18.0 Å². The van der Waals surface area contributed by atoms with E-state index in [4.69, 9.17) is 25.8 Å². The number of ether oxygens (including phenoxy) is 3. The number of halogens is 1. The van der Waals surface area contributed by atoms with Crippen molar-refractivity contribution in [2.45, 2.75) is 57.6 Å². The normalized spacial score (nSPS) is 24.1. The molecule has 1 aliphatic rings. The van der Waals surface area contributed by atoms with E-state index in [-0.39, 0.29) is 19.1 Å². The average molecular weight is 478 g/mol. The number of aliphatic hydroxyl groups excluding tert-OH is 2. The predicted octanol–water partition coefficient (Wildman–Crippen LogP) is 4.50. The van der Waals surface area contributed by atoms with Crippen LogP contribution in [0.25, 0.3) is 0 Å². The van der Waals surface area contributed by atoms with E-state index in [1.54, 1.807) is 7.11 Å². The fraction of sp³-hybridized carbons (Fsp3) is 0.538. The van der Waals surface area contributed by atoms with Crippen molar-refractivity contribution in [3.8, 4) is 5.75 Å². The van der Waals surface area contributed by atoms with Crippen LogP contribution in [0.4, 0.5) is 0 Å². The van der Waals surface area contributed by atoms with Crippen LogP contribution < -0.4 is 4.74 Å². The van der Waals surface area contributed by atoms with E-state index in [9.17, 15) is 10.2 Å². The Morgan fingerprint density at radius 2 is 1.85 bits per heavy atom. The summed E-state index contributed by atoms with van der Waals surface area (Å²) in [4.78, 5) is 2.34. The minimum Gasteiger partial charge on any atom is -0.494 e. The van der Waals surface area contributed by atoms with Gasteiger partial charge >= 0.3 is 0 Å². The molecular weight excluding hydrogens is 442 g/mol. The van der Waals surface area contributed by atoms with Crippen LogP contribution in [-0.2, 0) is 15.3 Å². The summed E-state index contributed by atoms with van der Waals surface area (Å²) < 4.78 is 17.6. The molecular formula is C26H36ClNO5. The Hall–Kier alpha value is -1.67. The first kappa shape index (κ1) is 25.9. The van der Waals surface area contributed by atoms with Crippen LogP contribution in [0.1, 0.15) is 56.3 Å². The number of rotatable bonds is 10. The van der Waals surface area contributed by atoms with Crippen molar-refractivity contribution >= 4 is 11.6 Å². The van der Waals surface area contributed by atoms with Crippen molar-refractivity contribution in [3.05, 3.63) is 64.2 Å². The second kappa shape index (κ2) is 11.6. The number of hydrogen-bond acceptors (Lipinski definition) is 6. The Morgan fingerprint density at radius 3 is 2.42 bits per heavy atom. The van der Waals surface area contributed by atoms with Crippen LogP contribution in [-0.4, -0.2) is 60.7 Å². The monoisotopic (exact) mass is 477 g/mol. The molecule has 2 aromatic rings. The number of nitrogens with zero attached hydrogens (tertiary/aromatic N) is 1. The molecule has 3 rings (SSSR count). The van der Waals surface area contributed by atoms with Gasteiger partial charge in [0.1, 0.15) is 5.75 Å². The highest BCUT2D eigenvalue weighted by Gasteiger charge is 2.43. The third-order valence-corrected chi connectivity index (χ3v) is 6.69. The lowest BCUT2D eigenvalue weighted by molar-refractivity contribution is -0.298. The van der Waals surface area contributed by atoms with Crippen LogP contribution in [0.5, 0.6) is 5.75 Å². The van der Waals surface area contributed by atoms with E-state index in [0.29, 0.717) is 18.1 Å². The van der Waals surface area contributed by atoms with E-state index in [1.165, 1.54) is 0 Å². The third kappa shape index (κ3) is 5.70. The highest BCUT2D eigenvalue weighted by molar-refractivity contribution is 6.31.